The smallest absolute Gasteiger partial charge is 0.255 e. The third kappa shape index (κ3) is 4.61. The Hall–Kier alpha value is -1.81. The Morgan fingerprint density at radius 2 is 2.00 bits per heavy atom. The summed E-state index contributed by atoms with van der Waals surface area (Å²) in [5, 5.41) is 0. The van der Waals surface area contributed by atoms with Crippen LogP contribution >= 0.6 is 0 Å². The van der Waals surface area contributed by atoms with Crippen molar-refractivity contribution in [2.75, 3.05) is 13.2 Å². The molecular formula is C12H16N2O2. The van der Waals surface area contributed by atoms with E-state index in [0.29, 0.717) is 12.3 Å². The Kier molecular flexibility index (Phi) is 5.08. The maximum absolute atomic E-state index is 10.5. The van der Waals surface area contributed by atoms with Crippen LogP contribution in [0.15, 0.2) is 30.3 Å². The first-order valence-corrected chi connectivity index (χ1v) is 5.10. The van der Waals surface area contributed by atoms with Gasteiger partial charge < -0.3 is 16.2 Å². The number of ether oxygens (including phenoxy) is 1. The molecule has 0 saturated heterocycles. The minimum atomic E-state index is -0.480. The highest BCUT2D eigenvalue weighted by molar-refractivity contribution is 5.75. The summed E-state index contributed by atoms with van der Waals surface area (Å²) in [7, 11) is 0. The van der Waals surface area contributed by atoms with Gasteiger partial charge in [-0.1, -0.05) is 24.3 Å². The van der Waals surface area contributed by atoms with Crippen LogP contribution in [0.25, 0.3) is 6.08 Å². The molecule has 0 heterocycles. The van der Waals surface area contributed by atoms with Crippen LogP contribution in [-0.4, -0.2) is 19.1 Å². The van der Waals surface area contributed by atoms with Gasteiger partial charge >= 0.3 is 0 Å². The predicted octanol–water partition coefficient (Wildman–Crippen LogP) is 0.913. The molecule has 0 atom stereocenters. The van der Waals surface area contributed by atoms with Crippen LogP contribution in [0.3, 0.4) is 0 Å². The second-order valence-corrected chi connectivity index (χ2v) is 3.30. The number of benzene rings is 1. The molecule has 0 aliphatic rings. The summed E-state index contributed by atoms with van der Waals surface area (Å²) in [6.07, 6.45) is 4.87. The van der Waals surface area contributed by atoms with Crippen molar-refractivity contribution < 1.29 is 9.53 Å². The molecule has 1 amide bonds. The fourth-order valence-corrected chi connectivity index (χ4v) is 1.15. The summed E-state index contributed by atoms with van der Waals surface area (Å²) in [6.45, 7) is 0.554. The Bertz CT molecular complexity index is 358. The Morgan fingerprint density at radius 3 is 2.56 bits per heavy atom. The average molecular weight is 220 g/mol. The van der Waals surface area contributed by atoms with Gasteiger partial charge in [0.1, 0.15) is 5.75 Å². The van der Waals surface area contributed by atoms with Gasteiger partial charge in [0.2, 0.25) is 0 Å². The van der Waals surface area contributed by atoms with Gasteiger partial charge in [0.15, 0.2) is 6.61 Å². The monoisotopic (exact) mass is 220 g/mol. The predicted molar refractivity (Wildman–Crippen MR) is 63.8 cm³/mol. The first kappa shape index (κ1) is 12.3. The van der Waals surface area contributed by atoms with Crippen LogP contribution in [0.1, 0.15) is 12.0 Å². The van der Waals surface area contributed by atoms with Crippen LogP contribution in [-0.2, 0) is 4.79 Å². The molecule has 0 aliphatic heterocycles. The van der Waals surface area contributed by atoms with E-state index in [9.17, 15) is 4.79 Å². The molecule has 1 aromatic rings. The molecule has 0 aliphatic carbocycles. The van der Waals surface area contributed by atoms with E-state index in [1.807, 2.05) is 24.3 Å². The highest BCUT2D eigenvalue weighted by atomic mass is 16.5. The molecule has 0 aromatic heterocycles. The van der Waals surface area contributed by atoms with Crippen molar-refractivity contribution in [3.05, 3.63) is 35.9 Å². The standard InChI is InChI=1S/C12H16N2O2/c13-8-2-1-3-10-4-6-11(7-5-10)16-9-12(14)15/h1,3-7H,2,8-9,13H2,(H2,14,15). The van der Waals surface area contributed by atoms with Gasteiger partial charge in [-0.25, -0.2) is 0 Å². The molecule has 0 unspecified atom stereocenters. The number of hydrogen-bond donors (Lipinski definition) is 2. The Labute approximate surface area is 94.9 Å². The van der Waals surface area contributed by atoms with Crippen molar-refractivity contribution in [2.24, 2.45) is 11.5 Å². The quantitative estimate of drug-likeness (QED) is 0.748. The second kappa shape index (κ2) is 6.63. The third-order valence-corrected chi connectivity index (χ3v) is 1.90. The first-order valence-electron chi connectivity index (χ1n) is 5.10. The maximum atomic E-state index is 10.5. The number of amides is 1. The lowest BCUT2D eigenvalue weighted by atomic mass is 10.2. The van der Waals surface area contributed by atoms with Crippen LogP contribution in [0.2, 0.25) is 0 Å². The normalized spacial score (nSPS) is 10.6. The molecule has 1 aromatic carbocycles. The zero-order valence-corrected chi connectivity index (χ0v) is 9.06. The van der Waals surface area contributed by atoms with Gasteiger partial charge in [-0.2, -0.15) is 0 Å². The number of carbonyl (C=O) groups is 1. The summed E-state index contributed by atoms with van der Waals surface area (Å²) in [5.74, 6) is 0.154. The van der Waals surface area contributed by atoms with E-state index in [0.717, 1.165) is 12.0 Å². The van der Waals surface area contributed by atoms with E-state index in [-0.39, 0.29) is 6.61 Å². The van der Waals surface area contributed by atoms with Crippen molar-refractivity contribution in [3.8, 4) is 5.75 Å². The maximum Gasteiger partial charge on any atom is 0.255 e. The fourth-order valence-electron chi connectivity index (χ4n) is 1.15. The zero-order chi connectivity index (χ0) is 11.8. The molecule has 0 radical (unpaired) electrons. The van der Waals surface area contributed by atoms with Gasteiger partial charge in [-0.05, 0) is 30.7 Å². The number of nitrogens with two attached hydrogens (primary N) is 2. The number of hydrogen-bond acceptors (Lipinski definition) is 3. The highest BCUT2D eigenvalue weighted by Crippen LogP contribution is 2.13. The molecule has 4 nitrogen and oxygen atoms in total. The zero-order valence-electron chi connectivity index (χ0n) is 9.06. The van der Waals surface area contributed by atoms with Gasteiger partial charge in [-0.3, -0.25) is 4.79 Å². The average Bonchev–Trinajstić information content (AvgIpc) is 2.28. The summed E-state index contributed by atoms with van der Waals surface area (Å²) in [6, 6.07) is 7.41. The van der Waals surface area contributed by atoms with Crippen molar-refractivity contribution in [3.63, 3.8) is 0 Å². The van der Waals surface area contributed by atoms with E-state index in [1.165, 1.54) is 0 Å². The van der Waals surface area contributed by atoms with Crippen LogP contribution < -0.4 is 16.2 Å². The van der Waals surface area contributed by atoms with Crippen molar-refractivity contribution in [2.45, 2.75) is 6.42 Å². The van der Waals surface area contributed by atoms with E-state index in [4.69, 9.17) is 16.2 Å². The number of carbonyl (C=O) groups excluding carboxylic acids is 1. The molecule has 0 spiro atoms. The summed E-state index contributed by atoms with van der Waals surface area (Å²) in [4.78, 5) is 10.5. The van der Waals surface area contributed by atoms with Crippen molar-refractivity contribution >= 4 is 12.0 Å². The molecular weight excluding hydrogens is 204 g/mol. The van der Waals surface area contributed by atoms with Gasteiger partial charge in [0, 0.05) is 0 Å². The van der Waals surface area contributed by atoms with Gasteiger partial charge in [0.25, 0.3) is 5.91 Å². The summed E-state index contributed by atoms with van der Waals surface area (Å²) < 4.78 is 5.13. The third-order valence-electron chi connectivity index (χ3n) is 1.90. The largest absolute Gasteiger partial charge is 0.484 e. The SMILES string of the molecule is NCCC=Cc1ccc(OCC(N)=O)cc1. The first-order chi connectivity index (χ1) is 7.72. The Balaban J connectivity index is 2.50. The molecule has 0 fully saturated rings. The molecule has 0 saturated carbocycles. The fraction of sp³-hybridized carbons (Fsp3) is 0.250. The van der Waals surface area contributed by atoms with E-state index >= 15 is 0 Å². The number of rotatable bonds is 6. The van der Waals surface area contributed by atoms with E-state index < -0.39 is 5.91 Å². The lowest BCUT2D eigenvalue weighted by Crippen LogP contribution is -2.19. The lowest BCUT2D eigenvalue weighted by molar-refractivity contribution is -0.119. The summed E-state index contributed by atoms with van der Waals surface area (Å²) in [5.41, 5.74) is 11.4. The minimum Gasteiger partial charge on any atom is -0.484 e. The molecule has 1 rings (SSSR count). The molecule has 16 heavy (non-hydrogen) atoms. The topological polar surface area (TPSA) is 78.3 Å². The van der Waals surface area contributed by atoms with Gasteiger partial charge in [0.05, 0.1) is 0 Å². The molecule has 4 heteroatoms. The van der Waals surface area contributed by atoms with Crippen LogP contribution in [0, 0.1) is 0 Å². The summed E-state index contributed by atoms with van der Waals surface area (Å²) >= 11 is 0. The lowest BCUT2D eigenvalue weighted by Gasteiger charge is -2.03. The van der Waals surface area contributed by atoms with Crippen molar-refractivity contribution in [1.29, 1.82) is 0 Å². The van der Waals surface area contributed by atoms with Crippen LogP contribution in [0.4, 0.5) is 0 Å². The molecule has 0 bridgehead atoms. The Morgan fingerprint density at radius 1 is 1.31 bits per heavy atom. The molecule has 4 N–H and O–H groups in total. The highest BCUT2D eigenvalue weighted by Gasteiger charge is 1.96. The molecule has 86 valence electrons. The van der Waals surface area contributed by atoms with Crippen molar-refractivity contribution in [1.82, 2.24) is 0 Å². The second-order valence-electron chi connectivity index (χ2n) is 3.30. The van der Waals surface area contributed by atoms with E-state index in [1.54, 1.807) is 12.1 Å². The van der Waals surface area contributed by atoms with Gasteiger partial charge in [-0.15, -0.1) is 0 Å². The van der Waals surface area contributed by atoms with Crippen LogP contribution in [0.5, 0.6) is 5.75 Å². The minimum absolute atomic E-state index is 0.0949. The number of primary amides is 1. The van der Waals surface area contributed by atoms with E-state index in [2.05, 4.69) is 0 Å².